The Morgan fingerprint density at radius 2 is 1.67 bits per heavy atom. The lowest BCUT2D eigenvalue weighted by atomic mass is 10.0. The van der Waals surface area contributed by atoms with Crippen LogP contribution in [0.15, 0.2) is 59.4 Å². The zero-order chi connectivity index (χ0) is 12.5. The lowest BCUT2D eigenvalue weighted by Crippen LogP contribution is -2.02. The molecule has 0 saturated heterocycles. The number of hydrogen-bond donors (Lipinski definition) is 1. The van der Waals surface area contributed by atoms with Crippen LogP contribution in [0.5, 0.6) is 0 Å². The van der Waals surface area contributed by atoms with Gasteiger partial charge in [0.25, 0.3) is 0 Å². The van der Waals surface area contributed by atoms with Crippen LogP contribution in [0, 0.1) is 0 Å². The van der Waals surface area contributed by atoms with E-state index in [2.05, 4.69) is 4.98 Å². The Morgan fingerprint density at radius 3 is 2.44 bits per heavy atom. The van der Waals surface area contributed by atoms with E-state index in [1.165, 1.54) is 6.07 Å². The fourth-order valence-corrected chi connectivity index (χ4v) is 2.30. The third-order valence-electron chi connectivity index (χ3n) is 2.90. The predicted octanol–water partition coefficient (Wildman–Crippen LogP) is 3.85. The van der Waals surface area contributed by atoms with Crippen LogP contribution >= 0.6 is 11.6 Å². The van der Waals surface area contributed by atoms with Gasteiger partial charge in [0.2, 0.25) is 5.56 Å². The van der Waals surface area contributed by atoms with Crippen LogP contribution in [-0.2, 0) is 0 Å². The monoisotopic (exact) mass is 255 g/mol. The van der Waals surface area contributed by atoms with Gasteiger partial charge in [-0.05, 0) is 29.3 Å². The van der Waals surface area contributed by atoms with Crippen molar-refractivity contribution in [1.29, 1.82) is 0 Å². The number of rotatable bonds is 1. The van der Waals surface area contributed by atoms with E-state index in [1.807, 2.05) is 42.5 Å². The Labute approximate surface area is 109 Å². The molecule has 0 aliphatic carbocycles. The number of benzene rings is 2. The summed E-state index contributed by atoms with van der Waals surface area (Å²) in [5.74, 6) is 0. The number of aromatic nitrogens is 1. The molecule has 1 N–H and O–H groups in total. The van der Waals surface area contributed by atoms with Crippen LogP contribution in [0.1, 0.15) is 0 Å². The molecular formula is C15H10ClNO. The molecule has 3 aromatic rings. The first-order chi connectivity index (χ1) is 8.74. The summed E-state index contributed by atoms with van der Waals surface area (Å²) in [5, 5.41) is 1.50. The molecule has 3 heteroatoms. The number of H-pyrrole nitrogens is 1. The standard InChI is InChI=1S/C15H10ClNO/c16-13-8-11(10-4-2-1-3-5-10)9-14-12(13)6-7-15(18)17-14/h1-9H,(H,17,18). The van der Waals surface area contributed by atoms with Crippen LogP contribution < -0.4 is 5.56 Å². The van der Waals surface area contributed by atoms with Crippen molar-refractivity contribution in [3.8, 4) is 11.1 Å². The topological polar surface area (TPSA) is 32.9 Å². The summed E-state index contributed by atoms with van der Waals surface area (Å²) in [6, 6.07) is 17.0. The highest BCUT2D eigenvalue weighted by atomic mass is 35.5. The van der Waals surface area contributed by atoms with E-state index in [9.17, 15) is 4.79 Å². The quantitative estimate of drug-likeness (QED) is 0.704. The molecule has 3 rings (SSSR count). The van der Waals surface area contributed by atoms with Crippen molar-refractivity contribution >= 4 is 22.5 Å². The molecule has 0 aliphatic rings. The number of halogens is 1. The Kier molecular flexibility index (Phi) is 2.65. The zero-order valence-corrected chi connectivity index (χ0v) is 10.2. The fraction of sp³-hybridized carbons (Fsp3) is 0. The Hall–Kier alpha value is -2.06. The highest BCUT2D eigenvalue weighted by Crippen LogP contribution is 2.28. The molecule has 2 nitrogen and oxygen atoms in total. The first kappa shape index (κ1) is 11.1. The fourth-order valence-electron chi connectivity index (χ4n) is 2.02. The van der Waals surface area contributed by atoms with Gasteiger partial charge in [-0.2, -0.15) is 0 Å². The van der Waals surface area contributed by atoms with Crippen molar-refractivity contribution in [2.24, 2.45) is 0 Å². The summed E-state index contributed by atoms with van der Waals surface area (Å²) >= 11 is 6.24. The summed E-state index contributed by atoms with van der Waals surface area (Å²) in [4.78, 5) is 14.1. The van der Waals surface area contributed by atoms with Crippen LogP contribution in [0.2, 0.25) is 5.02 Å². The van der Waals surface area contributed by atoms with Gasteiger partial charge in [0.15, 0.2) is 0 Å². The second kappa shape index (κ2) is 4.31. The van der Waals surface area contributed by atoms with E-state index >= 15 is 0 Å². The molecule has 0 radical (unpaired) electrons. The van der Waals surface area contributed by atoms with Crippen LogP contribution in [0.4, 0.5) is 0 Å². The van der Waals surface area contributed by atoms with Gasteiger partial charge in [-0.25, -0.2) is 0 Å². The van der Waals surface area contributed by atoms with E-state index in [0.29, 0.717) is 5.02 Å². The van der Waals surface area contributed by atoms with Gasteiger partial charge in [0.1, 0.15) is 0 Å². The zero-order valence-electron chi connectivity index (χ0n) is 9.48. The Bertz CT molecular complexity index is 762. The summed E-state index contributed by atoms with van der Waals surface area (Å²) in [7, 11) is 0. The normalized spacial score (nSPS) is 10.7. The molecule has 0 aliphatic heterocycles. The molecule has 0 fully saturated rings. The highest BCUT2D eigenvalue weighted by molar-refractivity contribution is 6.35. The van der Waals surface area contributed by atoms with Gasteiger partial charge in [0.05, 0.1) is 10.5 Å². The minimum atomic E-state index is -0.122. The number of pyridine rings is 1. The lowest BCUT2D eigenvalue weighted by molar-refractivity contribution is 1.31. The average molecular weight is 256 g/mol. The van der Waals surface area contributed by atoms with Crippen molar-refractivity contribution in [3.05, 3.63) is 70.0 Å². The van der Waals surface area contributed by atoms with Crippen LogP contribution in [0.3, 0.4) is 0 Å². The number of fused-ring (bicyclic) bond motifs is 1. The summed E-state index contributed by atoms with van der Waals surface area (Å²) in [5.41, 5.74) is 2.71. The average Bonchev–Trinajstić information content (AvgIpc) is 2.39. The van der Waals surface area contributed by atoms with Gasteiger partial charge in [0, 0.05) is 11.5 Å². The summed E-state index contributed by atoms with van der Waals surface area (Å²) < 4.78 is 0. The molecule has 0 amide bonds. The van der Waals surface area contributed by atoms with Gasteiger partial charge >= 0.3 is 0 Å². The molecule has 1 heterocycles. The SMILES string of the molecule is O=c1ccc2c(Cl)cc(-c3ccccc3)cc2[nH]1. The first-order valence-corrected chi connectivity index (χ1v) is 6.00. The van der Waals surface area contributed by atoms with Crippen molar-refractivity contribution in [2.45, 2.75) is 0 Å². The molecular weight excluding hydrogens is 246 g/mol. The van der Waals surface area contributed by atoms with Crippen molar-refractivity contribution < 1.29 is 0 Å². The van der Waals surface area contributed by atoms with E-state index in [-0.39, 0.29) is 5.56 Å². The van der Waals surface area contributed by atoms with Crippen molar-refractivity contribution in [2.75, 3.05) is 0 Å². The molecule has 18 heavy (non-hydrogen) atoms. The molecule has 0 spiro atoms. The minimum absolute atomic E-state index is 0.122. The molecule has 2 aromatic carbocycles. The number of hydrogen-bond acceptors (Lipinski definition) is 1. The highest BCUT2D eigenvalue weighted by Gasteiger charge is 2.04. The van der Waals surface area contributed by atoms with Crippen LogP contribution in [0.25, 0.3) is 22.0 Å². The van der Waals surface area contributed by atoms with Gasteiger partial charge < -0.3 is 4.98 Å². The summed E-state index contributed by atoms with van der Waals surface area (Å²) in [6.07, 6.45) is 0. The van der Waals surface area contributed by atoms with Gasteiger partial charge in [-0.15, -0.1) is 0 Å². The molecule has 0 bridgehead atoms. The molecule has 1 aromatic heterocycles. The second-order valence-corrected chi connectivity index (χ2v) is 4.52. The molecule has 0 unspecified atom stereocenters. The van der Waals surface area contributed by atoms with E-state index in [4.69, 9.17) is 11.6 Å². The van der Waals surface area contributed by atoms with Gasteiger partial charge in [-0.1, -0.05) is 41.9 Å². The molecule has 0 atom stereocenters. The minimum Gasteiger partial charge on any atom is -0.322 e. The predicted molar refractivity (Wildman–Crippen MR) is 75.0 cm³/mol. The Morgan fingerprint density at radius 1 is 0.889 bits per heavy atom. The van der Waals surface area contributed by atoms with E-state index in [1.54, 1.807) is 6.07 Å². The number of aromatic amines is 1. The maximum Gasteiger partial charge on any atom is 0.248 e. The largest absolute Gasteiger partial charge is 0.322 e. The van der Waals surface area contributed by atoms with E-state index in [0.717, 1.165) is 22.0 Å². The Balaban J connectivity index is 2.30. The van der Waals surface area contributed by atoms with Crippen molar-refractivity contribution in [1.82, 2.24) is 4.98 Å². The smallest absolute Gasteiger partial charge is 0.248 e. The second-order valence-electron chi connectivity index (χ2n) is 4.11. The third kappa shape index (κ3) is 1.91. The number of nitrogens with one attached hydrogen (secondary N) is 1. The molecule has 88 valence electrons. The molecule has 0 saturated carbocycles. The van der Waals surface area contributed by atoms with Crippen LogP contribution in [-0.4, -0.2) is 4.98 Å². The maximum absolute atomic E-state index is 11.3. The van der Waals surface area contributed by atoms with E-state index < -0.39 is 0 Å². The summed E-state index contributed by atoms with van der Waals surface area (Å²) in [6.45, 7) is 0. The third-order valence-corrected chi connectivity index (χ3v) is 3.21. The first-order valence-electron chi connectivity index (χ1n) is 5.62. The lowest BCUT2D eigenvalue weighted by Gasteiger charge is -2.06. The van der Waals surface area contributed by atoms with Crippen molar-refractivity contribution in [3.63, 3.8) is 0 Å². The van der Waals surface area contributed by atoms with Gasteiger partial charge in [-0.3, -0.25) is 4.79 Å². The maximum atomic E-state index is 11.3.